The molecule has 0 aliphatic heterocycles. The Hall–Kier alpha value is -1.82. The van der Waals surface area contributed by atoms with Gasteiger partial charge in [0.15, 0.2) is 5.65 Å². The SMILES string of the molecule is CCn1nc(C)c2nc(N)n(-c3ccsc3)c21. The summed E-state index contributed by atoms with van der Waals surface area (Å²) < 4.78 is 3.89. The normalized spacial score (nSPS) is 11.4. The molecule has 5 nitrogen and oxygen atoms in total. The molecule has 6 heteroatoms. The number of anilines is 1. The van der Waals surface area contributed by atoms with E-state index in [2.05, 4.69) is 22.4 Å². The van der Waals surface area contributed by atoms with Crippen molar-refractivity contribution in [1.82, 2.24) is 19.3 Å². The van der Waals surface area contributed by atoms with Crippen molar-refractivity contribution < 1.29 is 0 Å². The first-order chi connectivity index (χ1) is 8.22. The summed E-state index contributed by atoms with van der Waals surface area (Å²) in [6.07, 6.45) is 0. The van der Waals surface area contributed by atoms with Gasteiger partial charge in [0.25, 0.3) is 0 Å². The van der Waals surface area contributed by atoms with E-state index in [4.69, 9.17) is 5.73 Å². The number of nitrogens with zero attached hydrogens (tertiary/aromatic N) is 4. The molecule has 0 spiro atoms. The maximum absolute atomic E-state index is 6.00. The second-order valence-corrected chi connectivity index (χ2v) is 4.64. The Balaban J connectivity index is 2.40. The topological polar surface area (TPSA) is 61.7 Å². The Morgan fingerprint density at radius 3 is 2.94 bits per heavy atom. The summed E-state index contributed by atoms with van der Waals surface area (Å²) in [6, 6.07) is 2.03. The molecule has 0 aliphatic rings. The highest BCUT2D eigenvalue weighted by Crippen LogP contribution is 2.26. The smallest absolute Gasteiger partial charge is 0.207 e. The predicted octanol–water partition coefficient (Wildman–Crippen LogP) is 2.19. The molecule has 0 amide bonds. The third kappa shape index (κ3) is 1.37. The molecule has 2 N–H and O–H groups in total. The Morgan fingerprint density at radius 2 is 2.29 bits per heavy atom. The van der Waals surface area contributed by atoms with Crippen molar-refractivity contribution in [2.24, 2.45) is 0 Å². The summed E-state index contributed by atoms with van der Waals surface area (Å²) in [5.41, 5.74) is 9.82. The molecular weight excluding hydrogens is 234 g/mol. The van der Waals surface area contributed by atoms with Crippen LogP contribution < -0.4 is 5.73 Å². The standard InChI is InChI=1S/C11H13N5S/c1-3-15-10-9(7(2)14-15)13-11(12)16(10)8-4-5-17-6-8/h4-6H,3H2,1-2H3,(H2,12,13). The van der Waals surface area contributed by atoms with E-state index >= 15 is 0 Å². The molecule has 0 aromatic carbocycles. The van der Waals surface area contributed by atoms with Crippen LogP contribution in [-0.2, 0) is 6.54 Å². The van der Waals surface area contributed by atoms with Gasteiger partial charge in [-0.1, -0.05) is 0 Å². The van der Waals surface area contributed by atoms with E-state index in [-0.39, 0.29) is 0 Å². The fraction of sp³-hybridized carbons (Fsp3) is 0.273. The van der Waals surface area contributed by atoms with Crippen LogP contribution in [0.3, 0.4) is 0 Å². The zero-order valence-corrected chi connectivity index (χ0v) is 10.5. The summed E-state index contributed by atoms with van der Waals surface area (Å²) in [4.78, 5) is 4.40. The number of hydrogen-bond donors (Lipinski definition) is 1. The van der Waals surface area contributed by atoms with Gasteiger partial charge in [0, 0.05) is 11.9 Å². The monoisotopic (exact) mass is 247 g/mol. The van der Waals surface area contributed by atoms with Gasteiger partial charge in [-0.15, -0.1) is 0 Å². The molecule has 3 aromatic heterocycles. The van der Waals surface area contributed by atoms with Crippen LogP contribution in [0.15, 0.2) is 16.8 Å². The first kappa shape index (κ1) is 10.3. The molecule has 0 aliphatic carbocycles. The van der Waals surface area contributed by atoms with Crippen LogP contribution in [0.25, 0.3) is 16.9 Å². The molecule has 17 heavy (non-hydrogen) atoms. The number of nitrogens with two attached hydrogens (primary N) is 1. The summed E-state index contributed by atoms with van der Waals surface area (Å²) in [5.74, 6) is 0.515. The minimum atomic E-state index is 0.515. The van der Waals surface area contributed by atoms with Crippen molar-refractivity contribution in [2.45, 2.75) is 20.4 Å². The zero-order valence-electron chi connectivity index (χ0n) is 9.71. The van der Waals surface area contributed by atoms with E-state index in [9.17, 15) is 0 Å². The maximum Gasteiger partial charge on any atom is 0.207 e. The van der Waals surface area contributed by atoms with Gasteiger partial charge >= 0.3 is 0 Å². The van der Waals surface area contributed by atoms with Gasteiger partial charge in [0.05, 0.1) is 11.4 Å². The molecule has 0 atom stereocenters. The number of aryl methyl sites for hydroxylation is 2. The van der Waals surface area contributed by atoms with Crippen molar-refractivity contribution in [2.75, 3.05) is 5.73 Å². The third-order valence-corrected chi connectivity index (χ3v) is 3.47. The van der Waals surface area contributed by atoms with Gasteiger partial charge < -0.3 is 5.73 Å². The largest absolute Gasteiger partial charge is 0.369 e. The lowest BCUT2D eigenvalue weighted by Crippen LogP contribution is -2.05. The summed E-state index contributed by atoms with van der Waals surface area (Å²) in [5, 5.41) is 8.54. The fourth-order valence-electron chi connectivity index (χ4n) is 2.04. The van der Waals surface area contributed by atoms with Crippen LogP contribution >= 0.6 is 11.3 Å². The van der Waals surface area contributed by atoms with Crippen LogP contribution in [0.4, 0.5) is 5.95 Å². The molecule has 88 valence electrons. The Bertz CT molecular complexity index is 662. The summed E-state index contributed by atoms with van der Waals surface area (Å²) >= 11 is 1.64. The van der Waals surface area contributed by atoms with E-state index < -0.39 is 0 Å². The Morgan fingerprint density at radius 1 is 1.47 bits per heavy atom. The Kier molecular flexibility index (Phi) is 2.19. The molecule has 0 bridgehead atoms. The average molecular weight is 247 g/mol. The number of aromatic nitrogens is 4. The average Bonchev–Trinajstić information content (AvgIpc) is 2.97. The van der Waals surface area contributed by atoms with Crippen LogP contribution in [0, 0.1) is 6.92 Å². The lowest BCUT2D eigenvalue weighted by molar-refractivity contribution is 0.663. The quantitative estimate of drug-likeness (QED) is 0.755. The highest BCUT2D eigenvalue weighted by atomic mass is 32.1. The summed E-state index contributed by atoms with van der Waals surface area (Å²) in [7, 11) is 0. The highest BCUT2D eigenvalue weighted by Gasteiger charge is 2.17. The van der Waals surface area contributed by atoms with Gasteiger partial charge in [-0.25, -0.2) is 9.67 Å². The van der Waals surface area contributed by atoms with Crippen molar-refractivity contribution in [1.29, 1.82) is 0 Å². The van der Waals surface area contributed by atoms with Crippen molar-refractivity contribution >= 4 is 28.4 Å². The second-order valence-electron chi connectivity index (χ2n) is 3.86. The van der Waals surface area contributed by atoms with Gasteiger partial charge in [0.2, 0.25) is 5.95 Å². The van der Waals surface area contributed by atoms with Crippen LogP contribution in [-0.4, -0.2) is 19.3 Å². The molecular formula is C11H13N5S. The van der Waals surface area contributed by atoms with E-state index in [0.717, 1.165) is 29.1 Å². The van der Waals surface area contributed by atoms with E-state index in [1.807, 2.05) is 27.6 Å². The number of rotatable bonds is 2. The first-order valence-electron chi connectivity index (χ1n) is 5.46. The van der Waals surface area contributed by atoms with Crippen LogP contribution in [0.5, 0.6) is 0 Å². The van der Waals surface area contributed by atoms with Gasteiger partial charge in [-0.3, -0.25) is 4.57 Å². The zero-order chi connectivity index (χ0) is 12.0. The van der Waals surface area contributed by atoms with E-state index in [1.165, 1.54) is 0 Å². The summed E-state index contributed by atoms with van der Waals surface area (Å²) in [6.45, 7) is 4.82. The molecule has 3 rings (SSSR count). The molecule has 0 fully saturated rings. The molecule has 0 unspecified atom stereocenters. The third-order valence-electron chi connectivity index (χ3n) is 2.80. The predicted molar refractivity (Wildman–Crippen MR) is 69.6 cm³/mol. The molecule has 0 radical (unpaired) electrons. The van der Waals surface area contributed by atoms with Crippen LogP contribution in [0.2, 0.25) is 0 Å². The number of nitrogen functional groups attached to an aromatic ring is 1. The number of imidazole rings is 1. The molecule has 0 saturated heterocycles. The maximum atomic E-state index is 6.00. The molecule has 3 aromatic rings. The lowest BCUT2D eigenvalue weighted by atomic mass is 10.4. The van der Waals surface area contributed by atoms with Gasteiger partial charge in [-0.05, 0) is 25.3 Å². The van der Waals surface area contributed by atoms with E-state index in [0.29, 0.717) is 5.95 Å². The molecule has 3 heterocycles. The highest BCUT2D eigenvalue weighted by molar-refractivity contribution is 7.08. The molecule has 0 saturated carbocycles. The minimum absolute atomic E-state index is 0.515. The number of fused-ring (bicyclic) bond motifs is 1. The first-order valence-corrected chi connectivity index (χ1v) is 6.40. The van der Waals surface area contributed by atoms with Gasteiger partial charge in [-0.2, -0.15) is 16.4 Å². The fourth-order valence-corrected chi connectivity index (χ4v) is 2.66. The number of thiophene rings is 1. The van der Waals surface area contributed by atoms with Crippen molar-refractivity contribution in [3.8, 4) is 5.69 Å². The minimum Gasteiger partial charge on any atom is -0.369 e. The van der Waals surface area contributed by atoms with Crippen LogP contribution in [0.1, 0.15) is 12.6 Å². The number of hydrogen-bond acceptors (Lipinski definition) is 4. The second kappa shape index (κ2) is 3.59. The Labute approximate surface area is 102 Å². The van der Waals surface area contributed by atoms with Gasteiger partial charge in [0.1, 0.15) is 5.52 Å². The van der Waals surface area contributed by atoms with Crippen molar-refractivity contribution in [3.63, 3.8) is 0 Å². The lowest BCUT2D eigenvalue weighted by Gasteiger charge is -2.05. The van der Waals surface area contributed by atoms with E-state index in [1.54, 1.807) is 11.3 Å². The van der Waals surface area contributed by atoms with Crippen molar-refractivity contribution in [3.05, 3.63) is 22.5 Å².